The molecule has 0 aliphatic heterocycles. The number of carboxylic acid groups (broad SMARTS) is 1. The summed E-state index contributed by atoms with van der Waals surface area (Å²) >= 11 is 0. The van der Waals surface area contributed by atoms with E-state index in [1.54, 1.807) is 21.1 Å². The number of hydrogen-bond donors (Lipinski definition) is 1. The highest BCUT2D eigenvalue weighted by molar-refractivity contribution is 5.69. The average molecular weight is 291 g/mol. The van der Waals surface area contributed by atoms with Crippen molar-refractivity contribution < 1.29 is 23.8 Å². The molecule has 6 nitrogen and oxygen atoms in total. The summed E-state index contributed by atoms with van der Waals surface area (Å²) in [5.74, 6) is 1.37. The van der Waals surface area contributed by atoms with Gasteiger partial charge in [-0.15, -0.1) is 0 Å². The quantitative estimate of drug-likeness (QED) is 0.878. The largest absolute Gasteiger partial charge is 0.493 e. The molecule has 0 aliphatic carbocycles. The summed E-state index contributed by atoms with van der Waals surface area (Å²) in [5.41, 5.74) is 1.40. The maximum absolute atomic E-state index is 10.7. The Labute approximate surface area is 122 Å². The fourth-order valence-corrected chi connectivity index (χ4v) is 2.04. The number of benzene rings is 1. The van der Waals surface area contributed by atoms with Gasteiger partial charge in [-0.3, -0.25) is 4.79 Å². The van der Waals surface area contributed by atoms with Crippen LogP contribution in [0, 0.1) is 6.92 Å². The van der Waals surface area contributed by atoms with Gasteiger partial charge in [-0.2, -0.15) is 0 Å². The minimum absolute atomic E-state index is 0.138. The molecule has 2 rings (SSSR count). The van der Waals surface area contributed by atoms with E-state index in [1.165, 1.54) is 0 Å². The standard InChI is InChI=1S/C15H17NO5/c1-9-11(8-15(17)18)16-14(21-9)7-10-4-5-12(19-2)13(6-10)20-3/h4-6H,7-8H2,1-3H3,(H,17,18). The van der Waals surface area contributed by atoms with Crippen LogP contribution in [0.2, 0.25) is 0 Å². The molecule has 6 heteroatoms. The zero-order valence-corrected chi connectivity index (χ0v) is 12.2. The molecule has 0 radical (unpaired) electrons. The SMILES string of the molecule is COc1ccc(Cc2nc(CC(=O)O)c(C)o2)cc1OC. The van der Waals surface area contributed by atoms with Crippen molar-refractivity contribution in [1.82, 2.24) is 4.98 Å². The van der Waals surface area contributed by atoms with E-state index in [4.69, 9.17) is 19.0 Å². The molecular formula is C15H17NO5. The van der Waals surface area contributed by atoms with Crippen LogP contribution in [0.25, 0.3) is 0 Å². The van der Waals surface area contributed by atoms with Crippen LogP contribution in [-0.4, -0.2) is 30.3 Å². The minimum Gasteiger partial charge on any atom is -0.493 e. The maximum atomic E-state index is 10.7. The van der Waals surface area contributed by atoms with E-state index in [0.717, 1.165) is 5.56 Å². The van der Waals surface area contributed by atoms with Crippen LogP contribution in [0.15, 0.2) is 22.6 Å². The van der Waals surface area contributed by atoms with E-state index >= 15 is 0 Å². The van der Waals surface area contributed by atoms with E-state index in [9.17, 15) is 4.79 Å². The number of ether oxygens (including phenoxy) is 2. The zero-order chi connectivity index (χ0) is 15.4. The summed E-state index contributed by atoms with van der Waals surface area (Å²) in [7, 11) is 3.15. The second kappa shape index (κ2) is 6.30. The Morgan fingerprint density at radius 3 is 2.62 bits per heavy atom. The molecule has 0 saturated heterocycles. The molecule has 0 bridgehead atoms. The molecule has 0 fully saturated rings. The first-order chi connectivity index (χ1) is 10.0. The van der Waals surface area contributed by atoms with Gasteiger partial charge in [0.25, 0.3) is 0 Å². The number of methoxy groups -OCH3 is 2. The van der Waals surface area contributed by atoms with Crippen LogP contribution in [0.1, 0.15) is 22.9 Å². The predicted molar refractivity (Wildman–Crippen MR) is 74.9 cm³/mol. The van der Waals surface area contributed by atoms with Gasteiger partial charge in [-0.05, 0) is 24.6 Å². The molecule has 112 valence electrons. The number of carbonyl (C=O) groups is 1. The van der Waals surface area contributed by atoms with Crippen molar-refractivity contribution in [3.05, 3.63) is 41.1 Å². The molecule has 0 saturated carbocycles. The van der Waals surface area contributed by atoms with E-state index in [-0.39, 0.29) is 6.42 Å². The van der Waals surface area contributed by atoms with Crippen LogP contribution in [0.4, 0.5) is 0 Å². The second-order valence-electron chi connectivity index (χ2n) is 4.55. The van der Waals surface area contributed by atoms with Crippen molar-refractivity contribution in [2.75, 3.05) is 14.2 Å². The van der Waals surface area contributed by atoms with E-state index in [1.807, 2.05) is 18.2 Å². The third-order valence-corrected chi connectivity index (χ3v) is 3.06. The number of aromatic nitrogens is 1. The summed E-state index contributed by atoms with van der Waals surface area (Å²) in [4.78, 5) is 15.0. The predicted octanol–water partition coefficient (Wildman–Crippen LogP) is 2.22. The van der Waals surface area contributed by atoms with Crippen molar-refractivity contribution in [1.29, 1.82) is 0 Å². The van der Waals surface area contributed by atoms with Crippen LogP contribution in [0.3, 0.4) is 0 Å². The Morgan fingerprint density at radius 1 is 1.29 bits per heavy atom. The first kappa shape index (κ1) is 14.9. The zero-order valence-electron chi connectivity index (χ0n) is 12.2. The fraction of sp³-hybridized carbons (Fsp3) is 0.333. The van der Waals surface area contributed by atoms with Crippen LogP contribution in [-0.2, 0) is 17.6 Å². The van der Waals surface area contributed by atoms with E-state index in [2.05, 4.69) is 4.98 Å². The van der Waals surface area contributed by atoms with Crippen molar-refractivity contribution in [2.24, 2.45) is 0 Å². The Kier molecular flexibility index (Phi) is 4.47. The second-order valence-corrected chi connectivity index (χ2v) is 4.55. The van der Waals surface area contributed by atoms with E-state index < -0.39 is 5.97 Å². The summed E-state index contributed by atoms with van der Waals surface area (Å²) in [6, 6.07) is 5.54. The molecule has 0 amide bonds. The van der Waals surface area contributed by atoms with Crippen LogP contribution in [0.5, 0.6) is 11.5 Å². The van der Waals surface area contributed by atoms with Crippen molar-refractivity contribution >= 4 is 5.97 Å². The molecule has 0 atom stereocenters. The monoisotopic (exact) mass is 291 g/mol. The number of nitrogens with zero attached hydrogens (tertiary/aromatic N) is 1. The third-order valence-electron chi connectivity index (χ3n) is 3.06. The Bertz CT molecular complexity index is 648. The fourth-order valence-electron chi connectivity index (χ4n) is 2.04. The number of carboxylic acids is 1. The molecule has 1 heterocycles. The summed E-state index contributed by atoms with van der Waals surface area (Å²) in [5, 5.41) is 8.80. The van der Waals surface area contributed by atoms with Gasteiger partial charge in [0.15, 0.2) is 17.4 Å². The first-order valence-electron chi connectivity index (χ1n) is 6.41. The van der Waals surface area contributed by atoms with Crippen LogP contribution >= 0.6 is 0 Å². The maximum Gasteiger partial charge on any atom is 0.309 e. The molecule has 0 spiro atoms. The summed E-state index contributed by atoms with van der Waals surface area (Å²) < 4.78 is 15.9. The molecule has 1 aromatic heterocycles. The normalized spacial score (nSPS) is 10.4. The summed E-state index contributed by atoms with van der Waals surface area (Å²) in [6.45, 7) is 1.71. The molecule has 0 unspecified atom stereocenters. The topological polar surface area (TPSA) is 81.8 Å². The molecular weight excluding hydrogens is 274 g/mol. The van der Waals surface area contributed by atoms with Gasteiger partial charge < -0.3 is 19.0 Å². The lowest BCUT2D eigenvalue weighted by atomic mass is 10.1. The van der Waals surface area contributed by atoms with E-state index in [0.29, 0.717) is 35.3 Å². The van der Waals surface area contributed by atoms with Gasteiger partial charge in [0, 0.05) is 6.42 Å². The number of aliphatic carboxylic acids is 1. The number of hydrogen-bond acceptors (Lipinski definition) is 5. The van der Waals surface area contributed by atoms with Crippen LogP contribution < -0.4 is 9.47 Å². The van der Waals surface area contributed by atoms with Crippen molar-refractivity contribution in [3.63, 3.8) is 0 Å². The van der Waals surface area contributed by atoms with Gasteiger partial charge in [-0.1, -0.05) is 6.07 Å². The Balaban J connectivity index is 2.20. The Morgan fingerprint density at radius 2 is 2.00 bits per heavy atom. The van der Waals surface area contributed by atoms with Gasteiger partial charge in [0.05, 0.1) is 26.3 Å². The van der Waals surface area contributed by atoms with Gasteiger partial charge >= 0.3 is 5.97 Å². The summed E-state index contributed by atoms with van der Waals surface area (Å²) in [6.07, 6.45) is 0.322. The van der Waals surface area contributed by atoms with Gasteiger partial charge in [0.1, 0.15) is 5.76 Å². The Hall–Kier alpha value is -2.50. The molecule has 1 N–H and O–H groups in total. The lowest BCUT2D eigenvalue weighted by molar-refractivity contribution is -0.136. The van der Waals surface area contributed by atoms with Crippen molar-refractivity contribution in [3.8, 4) is 11.5 Å². The molecule has 2 aromatic rings. The average Bonchev–Trinajstić information content (AvgIpc) is 2.77. The highest BCUT2D eigenvalue weighted by Gasteiger charge is 2.14. The molecule has 21 heavy (non-hydrogen) atoms. The van der Waals surface area contributed by atoms with Crippen molar-refractivity contribution in [2.45, 2.75) is 19.8 Å². The number of rotatable bonds is 6. The lowest BCUT2D eigenvalue weighted by Gasteiger charge is -2.08. The highest BCUT2D eigenvalue weighted by atomic mass is 16.5. The smallest absolute Gasteiger partial charge is 0.309 e. The number of aryl methyl sites for hydroxylation is 1. The highest BCUT2D eigenvalue weighted by Crippen LogP contribution is 2.28. The third kappa shape index (κ3) is 3.53. The number of oxazole rings is 1. The lowest BCUT2D eigenvalue weighted by Crippen LogP contribution is -2.02. The van der Waals surface area contributed by atoms with Gasteiger partial charge in [0.2, 0.25) is 0 Å². The first-order valence-corrected chi connectivity index (χ1v) is 6.41. The minimum atomic E-state index is -0.927. The molecule has 1 aromatic carbocycles. The molecule has 0 aliphatic rings. The van der Waals surface area contributed by atoms with Gasteiger partial charge in [-0.25, -0.2) is 4.98 Å².